The Bertz CT molecular complexity index is 2750. The van der Waals surface area contributed by atoms with Crippen molar-refractivity contribution in [2.45, 2.75) is 110 Å². The van der Waals surface area contributed by atoms with E-state index in [9.17, 15) is 14.4 Å². The summed E-state index contributed by atoms with van der Waals surface area (Å²) in [6.45, 7) is 11.6. The average Bonchev–Trinajstić information content (AvgIpc) is 4.05. The molecule has 2 unspecified atom stereocenters. The van der Waals surface area contributed by atoms with Crippen LogP contribution in [0.1, 0.15) is 130 Å². The number of nitrogens with one attached hydrogen (secondary N) is 3. The predicted molar refractivity (Wildman–Crippen MR) is 245 cm³/mol. The molecule has 2 saturated heterocycles. The lowest BCUT2D eigenvalue weighted by molar-refractivity contribution is -0.134. The van der Waals surface area contributed by atoms with Gasteiger partial charge in [-0.1, -0.05) is 51.8 Å². The number of halogens is 1. The Hall–Kier alpha value is -6.11. The van der Waals surface area contributed by atoms with Crippen LogP contribution in [-0.2, 0) is 21.4 Å². The van der Waals surface area contributed by atoms with Crippen molar-refractivity contribution in [3.05, 3.63) is 101 Å². The van der Waals surface area contributed by atoms with Gasteiger partial charge in [0.15, 0.2) is 0 Å². The molecule has 3 N–H and O–H groups in total. The standard InChI is InChI=1S/C51H58FN7O5/c1-28-36(29(2)55-49(62)50-57-42(26-64-50)51(3,4)5)14-15-38(45(28)52)46-44-39-24-41(63-6)34(23-40(39)56-47(44)54-27-53-46)21-31-12-10-30(11-13-31)20-32-18-19-59(25-32)35-9-7-8-33(22-35)37-16-17-43(60)58-48(37)61/h7-9,14-15,22-24,26-27,29-32,37H,10-13,16-21,25H2,1-6H3,(H,55,62)(H,53,54,56)(H,58,60,61)/t29-,30?,31?,32?,37?/m1/s1. The van der Waals surface area contributed by atoms with Gasteiger partial charge >= 0.3 is 5.91 Å². The number of rotatable bonds is 11. The topological polar surface area (TPSA) is 155 Å². The summed E-state index contributed by atoms with van der Waals surface area (Å²) in [5.74, 6) is 1.17. The van der Waals surface area contributed by atoms with E-state index in [0.717, 1.165) is 52.7 Å². The summed E-state index contributed by atoms with van der Waals surface area (Å²) in [5, 5.41) is 7.00. The maximum atomic E-state index is 16.5. The van der Waals surface area contributed by atoms with Crippen LogP contribution in [0.2, 0.25) is 0 Å². The highest BCUT2D eigenvalue weighted by Crippen LogP contribution is 2.42. The van der Waals surface area contributed by atoms with Crippen LogP contribution in [0.25, 0.3) is 33.2 Å². The largest absolute Gasteiger partial charge is 0.496 e. The first-order valence-corrected chi connectivity index (χ1v) is 22.8. The Morgan fingerprint density at radius 3 is 2.56 bits per heavy atom. The Labute approximate surface area is 373 Å². The van der Waals surface area contributed by atoms with E-state index in [4.69, 9.17) is 9.15 Å². The number of ether oxygens (including phenoxy) is 1. The molecular weight excluding hydrogens is 810 g/mol. The summed E-state index contributed by atoms with van der Waals surface area (Å²) in [5.41, 5.74) is 7.11. The molecular formula is C51H58FN7O5. The van der Waals surface area contributed by atoms with Crippen molar-refractivity contribution in [3.63, 3.8) is 0 Å². The van der Waals surface area contributed by atoms with Crippen LogP contribution in [0.5, 0.6) is 5.75 Å². The number of imide groups is 1. The number of aromatic nitrogens is 4. The number of carbonyl (C=O) groups excluding carboxylic acids is 3. The zero-order valence-electron chi connectivity index (χ0n) is 37.6. The van der Waals surface area contributed by atoms with Crippen molar-refractivity contribution in [3.8, 4) is 17.0 Å². The minimum Gasteiger partial charge on any atom is -0.496 e. The monoisotopic (exact) mass is 867 g/mol. The van der Waals surface area contributed by atoms with E-state index in [1.165, 1.54) is 56.8 Å². The number of aromatic amines is 1. The molecule has 0 spiro atoms. The van der Waals surface area contributed by atoms with Crippen LogP contribution in [0.15, 0.2) is 65.5 Å². The third-order valence-corrected chi connectivity index (χ3v) is 14.1. The van der Waals surface area contributed by atoms with E-state index in [0.29, 0.717) is 64.3 Å². The number of carbonyl (C=O) groups is 3. The second-order valence-corrected chi connectivity index (χ2v) is 19.4. The first kappa shape index (κ1) is 43.2. The molecule has 6 aromatic rings. The number of nitrogens with zero attached hydrogens (tertiary/aromatic N) is 4. The molecule has 9 rings (SSSR count). The number of methoxy groups -OCH3 is 1. The summed E-state index contributed by atoms with van der Waals surface area (Å²) in [6.07, 6.45) is 12.0. The van der Waals surface area contributed by atoms with Crippen molar-refractivity contribution in [1.29, 1.82) is 0 Å². The van der Waals surface area contributed by atoms with Gasteiger partial charge in [0.1, 0.15) is 29.8 Å². The molecule has 12 nitrogen and oxygen atoms in total. The highest BCUT2D eigenvalue weighted by molar-refractivity contribution is 6.12. The van der Waals surface area contributed by atoms with Gasteiger partial charge in [-0.05, 0) is 123 Å². The summed E-state index contributed by atoms with van der Waals surface area (Å²) in [7, 11) is 1.71. The number of piperidine rings is 1. The first-order valence-electron chi connectivity index (χ1n) is 22.8. The van der Waals surface area contributed by atoms with Gasteiger partial charge in [0.2, 0.25) is 11.8 Å². The van der Waals surface area contributed by atoms with Gasteiger partial charge in [-0.2, -0.15) is 0 Å². The van der Waals surface area contributed by atoms with Crippen LogP contribution in [0.4, 0.5) is 10.1 Å². The normalized spacial score (nSPS) is 21.1. The third-order valence-electron chi connectivity index (χ3n) is 14.1. The number of hydrogen-bond acceptors (Lipinski definition) is 9. The van der Waals surface area contributed by atoms with E-state index in [-0.39, 0.29) is 29.0 Å². The molecule has 0 bridgehead atoms. The number of anilines is 1. The van der Waals surface area contributed by atoms with Crippen LogP contribution < -0.4 is 20.3 Å². The Morgan fingerprint density at radius 1 is 1.02 bits per heavy atom. The Balaban J connectivity index is 0.846. The quantitative estimate of drug-likeness (QED) is 0.108. The zero-order chi connectivity index (χ0) is 44.9. The van der Waals surface area contributed by atoms with Gasteiger partial charge in [-0.3, -0.25) is 19.7 Å². The molecule has 3 aromatic carbocycles. The van der Waals surface area contributed by atoms with Crippen molar-refractivity contribution in [2.24, 2.45) is 17.8 Å². The molecule has 3 aliphatic rings. The number of amides is 3. The van der Waals surface area contributed by atoms with Gasteiger partial charge in [-0.15, -0.1) is 0 Å². The van der Waals surface area contributed by atoms with Gasteiger partial charge in [-0.25, -0.2) is 19.3 Å². The molecule has 5 heterocycles. The smallest absolute Gasteiger partial charge is 0.307 e. The lowest BCUT2D eigenvalue weighted by atomic mass is 9.76. The van der Waals surface area contributed by atoms with Gasteiger partial charge < -0.3 is 24.4 Å². The molecule has 3 atom stereocenters. The molecule has 2 aliphatic heterocycles. The summed E-state index contributed by atoms with van der Waals surface area (Å²) < 4.78 is 28.0. The molecule has 3 aromatic heterocycles. The van der Waals surface area contributed by atoms with Crippen LogP contribution in [-0.4, -0.2) is 57.9 Å². The highest BCUT2D eigenvalue weighted by Gasteiger charge is 2.32. The number of fused-ring (bicyclic) bond motifs is 3. The fraction of sp³-hybridized carbons (Fsp3) is 0.451. The number of H-pyrrole nitrogens is 1. The number of oxazole rings is 1. The molecule has 3 fully saturated rings. The van der Waals surface area contributed by atoms with Crippen LogP contribution in [0.3, 0.4) is 0 Å². The maximum absolute atomic E-state index is 16.5. The third kappa shape index (κ3) is 8.60. The lowest BCUT2D eigenvalue weighted by Gasteiger charge is -2.30. The zero-order valence-corrected chi connectivity index (χ0v) is 37.6. The van der Waals surface area contributed by atoms with Gasteiger partial charge in [0, 0.05) is 47.1 Å². The van der Waals surface area contributed by atoms with E-state index >= 15 is 4.39 Å². The van der Waals surface area contributed by atoms with Crippen molar-refractivity contribution in [2.75, 3.05) is 25.1 Å². The molecule has 64 heavy (non-hydrogen) atoms. The van der Waals surface area contributed by atoms with Crippen molar-refractivity contribution >= 4 is 45.3 Å². The molecule has 334 valence electrons. The minimum atomic E-state index is -0.513. The van der Waals surface area contributed by atoms with Crippen molar-refractivity contribution in [1.82, 2.24) is 30.6 Å². The lowest BCUT2D eigenvalue weighted by Crippen LogP contribution is -2.39. The summed E-state index contributed by atoms with van der Waals surface area (Å²) >= 11 is 0. The molecule has 1 saturated carbocycles. The molecule has 3 amide bonds. The second kappa shape index (κ2) is 17.5. The van der Waals surface area contributed by atoms with E-state index in [1.807, 2.05) is 52.0 Å². The SMILES string of the molecule is COc1cc2c(cc1CC1CCC(CC3CCN(c4cccc(C5CCC(=O)NC5=O)c4)C3)CC1)[nH]c1ncnc(-c3ccc([C@@H](C)NC(=O)c4nc(C(C)(C)C)co4)c(C)c3F)c12. The van der Waals surface area contributed by atoms with Gasteiger partial charge in [0.05, 0.1) is 35.8 Å². The maximum Gasteiger partial charge on any atom is 0.307 e. The molecule has 0 radical (unpaired) electrons. The van der Waals surface area contributed by atoms with Crippen LogP contribution >= 0.6 is 0 Å². The summed E-state index contributed by atoms with van der Waals surface area (Å²) in [6, 6.07) is 15.6. The number of benzene rings is 3. The fourth-order valence-electron chi connectivity index (χ4n) is 10.4. The predicted octanol–water partition coefficient (Wildman–Crippen LogP) is 9.80. The fourth-order valence-corrected chi connectivity index (χ4v) is 10.4. The van der Waals surface area contributed by atoms with E-state index < -0.39 is 17.8 Å². The number of hydrogen-bond donors (Lipinski definition) is 3. The van der Waals surface area contributed by atoms with E-state index in [1.54, 1.807) is 20.1 Å². The summed E-state index contributed by atoms with van der Waals surface area (Å²) in [4.78, 5) is 56.8. The van der Waals surface area contributed by atoms with Crippen molar-refractivity contribution < 1.29 is 27.9 Å². The van der Waals surface area contributed by atoms with Gasteiger partial charge in [0.25, 0.3) is 5.89 Å². The van der Waals surface area contributed by atoms with Crippen LogP contribution in [0, 0.1) is 30.5 Å². The first-order chi connectivity index (χ1) is 30.7. The average molecular weight is 868 g/mol. The van der Waals surface area contributed by atoms with E-state index in [2.05, 4.69) is 53.7 Å². The second-order valence-electron chi connectivity index (χ2n) is 19.4. The highest BCUT2D eigenvalue weighted by atomic mass is 19.1. The Kier molecular flexibility index (Phi) is 11.8. The molecule has 1 aliphatic carbocycles. The Morgan fingerprint density at radius 2 is 1.81 bits per heavy atom. The minimum absolute atomic E-state index is 0.0291. The molecule has 13 heteroatoms.